The van der Waals surface area contributed by atoms with Crippen molar-refractivity contribution in [1.82, 2.24) is 0 Å². The molecule has 1 rings (SSSR count). The average molecular weight is 248 g/mol. The molecule has 1 aromatic rings. The van der Waals surface area contributed by atoms with Crippen molar-refractivity contribution in [3.05, 3.63) is 35.6 Å². The van der Waals surface area contributed by atoms with E-state index in [9.17, 15) is 9.18 Å². The van der Waals surface area contributed by atoms with Crippen LogP contribution in [0.4, 0.5) is 4.39 Å². The molecule has 0 unspecified atom stereocenters. The van der Waals surface area contributed by atoms with Gasteiger partial charge in [-0.05, 0) is 24.1 Å². The van der Waals surface area contributed by atoms with Crippen LogP contribution < -0.4 is 5.73 Å². The van der Waals surface area contributed by atoms with Crippen LogP contribution in [0.2, 0.25) is 0 Å². The highest BCUT2D eigenvalue weighted by Gasteiger charge is 2.10. The van der Waals surface area contributed by atoms with Crippen molar-refractivity contribution in [3.8, 4) is 0 Å². The van der Waals surface area contributed by atoms with E-state index >= 15 is 0 Å². The molecule has 0 fully saturated rings. The highest BCUT2D eigenvalue weighted by atomic mass is 35.5. The van der Waals surface area contributed by atoms with Crippen molar-refractivity contribution in [2.75, 3.05) is 7.11 Å². The summed E-state index contributed by atoms with van der Waals surface area (Å²) in [6.07, 6.45) is 0.712. The molecule has 0 aliphatic rings. The maximum atomic E-state index is 12.6. The van der Waals surface area contributed by atoms with Gasteiger partial charge in [0.1, 0.15) is 5.82 Å². The predicted octanol–water partition coefficient (Wildman–Crippen LogP) is 1.68. The summed E-state index contributed by atoms with van der Waals surface area (Å²) in [4.78, 5) is 10.9. The van der Waals surface area contributed by atoms with E-state index in [1.54, 1.807) is 12.1 Å². The summed E-state index contributed by atoms with van der Waals surface area (Å²) in [6.45, 7) is 0. The quantitative estimate of drug-likeness (QED) is 0.824. The number of carbonyl (C=O) groups is 1. The summed E-state index contributed by atoms with van der Waals surface area (Å²) in [5.41, 5.74) is 6.64. The van der Waals surface area contributed by atoms with Gasteiger partial charge in [-0.3, -0.25) is 4.79 Å². The Kier molecular flexibility index (Phi) is 6.69. The van der Waals surface area contributed by atoms with Gasteiger partial charge in [0.25, 0.3) is 0 Å². The fraction of sp³-hybridized carbons (Fsp3) is 0.364. The summed E-state index contributed by atoms with van der Waals surface area (Å²) in [6, 6.07) is 5.78. The summed E-state index contributed by atoms with van der Waals surface area (Å²) < 4.78 is 17.1. The number of halogens is 2. The normalized spacial score (nSPS) is 11.4. The first-order chi connectivity index (χ1) is 7.11. The van der Waals surface area contributed by atoms with Gasteiger partial charge in [-0.2, -0.15) is 0 Å². The van der Waals surface area contributed by atoms with Gasteiger partial charge >= 0.3 is 5.97 Å². The average Bonchev–Trinajstić information content (AvgIpc) is 2.21. The molecular formula is C11H15ClFNO2. The van der Waals surface area contributed by atoms with Crippen LogP contribution in [0.25, 0.3) is 0 Å². The molecule has 3 nitrogen and oxygen atoms in total. The zero-order valence-corrected chi connectivity index (χ0v) is 9.80. The van der Waals surface area contributed by atoms with Gasteiger partial charge in [0.2, 0.25) is 0 Å². The number of nitrogens with two attached hydrogens (primary N) is 1. The Morgan fingerprint density at radius 1 is 1.44 bits per heavy atom. The number of hydrogen-bond donors (Lipinski definition) is 1. The molecule has 0 amide bonds. The molecule has 0 bridgehead atoms. The third kappa shape index (κ3) is 5.09. The number of rotatable bonds is 4. The van der Waals surface area contributed by atoms with Crippen molar-refractivity contribution in [2.24, 2.45) is 5.73 Å². The smallest absolute Gasteiger partial charge is 0.307 e. The van der Waals surface area contributed by atoms with Gasteiger partial charge in [0, 0.05) is 6.04 Å². The van der Waals surface area contributed by atoms with E-state index in [0.717, 1.165) is 5.56 Å². The van der Waals surface area contributed by atoms with Crippen LogP contribution in [0.1, 0.15) is 12.0 Å². The van der Waals surface area contributed by atoms with Crippen LogP contribution in [-0.2, 0) is 16.0 Å². The number of benzene rings is 1. The fourth-order valence-corrected chi connectivity index (χ4v) is 1.29. The van der Waals surface area contributed by atoms with Gasteiger partial charge in [-0.25, -0.2) is 4.39 Å². The molecule has 2 N–H and O–H groups in total. The van der Waals surface area contributed by atoms with Gasteiger partial charge in [0.15, 0.2) is 0 Å². The van der Waals surface area contributed by atoms with Crippen molar-refractivity contribution in [2.45, 2.75) is 18.9 Å². The van der Waals surface area contributed by atoms with Gasteiger partial charge < -0.3 is 10.5 Å². The SMILES string of the molecule is COC(=O)C[C@@H](N)Cc1ccc(F)cc1.Cl. The fourth-order valence-electron chi connectivity index (χ4n) is 1.29. The second-order valence-corrected chi connectivity index (χ2v) is 3.37. The van der Waals surface area contributed by atoms with Crippen molar-refractivity contribution in [3.63, 3.8) is 0 Å². The molecule has 0 heterocycles. The lowest BCUT2D eigenvalue weighted by Gasteiger charge is -2.09. The van der Waals surface area contributed by atoms with Crippen LogP contribution in [0.3, 0.4) is 0 Å². The highest BCUT2D eigenvalue weighted by molar-refractivity contribution is 5.85. The molecule has 1 aromatic carbocycles. The second-order valence-electron chi connectivity index (χ2n) is 3.37. The molecule has 5 heteroatoms. The maximum absolute atomic E-state index is 12.6. The lowest BCUT2D eigenvalue weighted by atomic mass is 10.0. The molecular weight excluding hydrogens is 233 g/mol. The molecule has 0 aliphatic heterocycles. The molecule has 16 heavy (non-hydrogen) atoms. The van der Waals surface area contributed by atoms with E-state index in [1.807, 2.05) is 0 Å². The first-order valence-electron chi connectivity index (χ1n) is 4.68. The lowest BCUT2D eigenvalue weighted by molar-refractivity contribution is -0.140. The summed E-state index contributed by atoms with van der Waals surface area (Å²) in [5, 5.41) is 0. The molecule has 0 radical (unpaired) electrons. The van der Waals surface area contributed by atoms with E-state index in [-0.39, 0.29) is 36.7 Å². The topological polar surface area (TPSA) is 52.3 Å². The molecule has 0 spiro atoms. The van der Waals surface area contributed by atoms with Crippen molar-refractivity contribution < 1.29 is 13.9 Å². The molecule has 1 atom stereocenters. The minimum atomic E-state index is -0.329. The largest absolute Gasteiger partial charge is 0.469 e. The minimum absolute atomic E-state index is 0. The summed E-state index contributed by atoms with van der Waals surface area (Å²) in [5.74, 6) is -0.607. The van der Waals surface area contributed by atoms with Gasteiger partial charge in [-0.15, -0.1) is 12.4 Å². The van der Waals surface area contributed by atoms with E-state index < -0.39 is 0 Å². The van der Waals surface area contributed by atoms with Crippen LogP contribution in [0.5, 0.6) is 0 Å². The zero-order valence-electron chi connectivity index (χ0n) is 8.98. The van der Waals surface area contributed by atoms with Crippen molar-refractivity contribution >= 4 is 18.4 Å². The third-order valence-electron chi connectivity index (χ3n) is 2.07. The third-order valence-corrected chi connectivity index (χ3v) is 2.07. The Bertz CT molecular complexity index is 329. The predicted molar refractivity (Wildman–Crippen MR) is 62.0 cm³/mol. The van der Waals surface area contributed by atoms with Crippen LogP contribution >= 0.6 is 12.4 Å². The summed E-state index contributed by atoms with van der Waals surface area (Å²) >= 11 is 0. The molecule has 0 saturated carbocycles. The zero-order chi connectivity index (χ0) is 11.3. The van der Waals surface area contributed by atoms with Crippen LogP contribution in [-0.4, -0.2) is 19.1 Å². The number of carbonyl (C=O) groups excluding carboxylic acids is 1. The maximum Gasteiger partial charge on any atom is 0.307 e. The van der Waals surface area contributed by atoms with E-state index in [1.165, 1.54) is 19.2 Å². The number of esters is 1. The minimum Gasteiger partial charge on any atom is -0.469 e. The Hall–Kier alpha value is -1.13. The van der Waals surface area contributed by atoms with E-state index in [0.29, 0.717) is 6.42 Å². The van der Waals surface area contributed by atoms with Crippen LogP contribution in [0, 0.1) is 5.82 Å². The number of ether oxygens (including phenoxy) is 1. The molecule has 0 aromatic heterocycles. The monoisotopic (exact) mass is 247 g/mol. The Morgan fingerprint density at radius 3 is 2.50 bits per heavy atom. The first-order valence-corrected chi connectivity index (χ1v) is 4.68. The Balaban J connectivity index is 0.00000225. The molecule has 0 aliphatic carbocycles. The number of hydrogen-bond acceptors (Lipinski definition) is 3. The van der Waals surface area contributed by atoms with Crippen molar-refractivity contribution in [1.29, 1.82) is 0 Å². The summed E-state index contributed by atoms with van der Waals surface area (Å²) in [7, 11) is 1.33. The van der Waals surface area contributed by atoms with Crippen LogP contribution in [0.15, 0.2) is 24.3 Å². The van der Waals surface area contributed by atoms with Gasteiger partial charge in [-0.1, -0.05) is 12.1 Å². The van der Waals surface area contributed by atoms with E-state index in [2.05, 4.69) is 4.74 Å². The number of methoxy groups -OCH3 is 1. The lowest BCUT2D eigenvalue weighted by Crippen LogP contribution is -2.26. The highest BCUT2D eigenvalue weighted by Crippen LogP contribution is 2.06. The standard InChI is InChI=1S/C11H14FNO2.ClH/c1-15-11(14)7-10(13)6-8-2-4-9(12)5-3-8;/h2-5,10H,6-7,13H2,1H3;1H/t10-;/m0./s1. The molecule has 90 valence electrons. The second kappa shape index (κ2) is 7.19. The van der Waals surface area contributed by atoms with Gasteiger partial charge in [0.05, 0.1) is 13.5 Å². The Labute approximate surface area is 100 Å². The molecule has 0 saturated heterocycles. The van der Waals surface area contributed by atoms with E-state index in [4.69, 9.17) is 5.73 Å². The first kappa shape index (κ1) is 14.9. The Morgan fingerprint density at radius 2 is 2.00 bits per heavy atom.